The zero-order valence-electron chi connectivity index (χ0n) is 30.9. The average molecular weight is 762 g/mol. The van der Waals surface area contributed by atoms with Gasteiger partial charge < -0.3 is 10.2 Å². The third kappa shape index (κ3) is 7.35. The summed E-state index contributed by atoms with van der Waals surface area (Å²) in [6.07, 6.45) is 9.83. The van der Waals surface area contributed by atoms with E-state index in [9.17, 15) is 29.2 Å². The van der Waals surface area contributed by atoms with Crippen LogP contribution in [0, 0.1) is 17.2 Å². The Kier molecular flexibility index (Phi) is 10.2. The Labute approximate surface area is 325 Å². The lowest BCUT2D eigenvalue weighted by Gasteiger charge is -2.36. The number of carbonyl (C=O) groups excluding carboxylic acids is 5. The number of hydrogen-bond donors (Lipinski definition) is 2. The Hall–Kier alpha value is -5.12. The molecule has 2 aromatic carbocycles. The van der Waals surface area contributed by atoms with Crippen molar-refractivity contribution in [2.24, 2.45) is 5.92 Å². The Morgan fingerprint density at radius 3 is 2.22 bits per heavy atom. The Bertz CT molecular complexity index is 2050. The van der Waals surface area contributed by atoms with Crippen LogP contribution in [0.4, 0.5) is 5.69 Å². The van der Waals surface area contributed by atoms with Crippen molar-refractivity contribution in [3.63, 3.8) is 0 Å². The highest BCUT2D eigenvalue weighted by Crippen LogP contribution is 2.38. The van der Waals surface area contributed by atoms with Crippen molar-refractivity contribution in [2.75, 3.05) is 18.5 Å². The predicted molar refractivity (Wildman–Crippen MR) is 204 cm³/mol. The SMILES string of the molecule is CN(c1ccc(C#N)c(Cl)c1)C1CCC(NC(=O)c2ccc(C3CCC(CN4Cc5cc6c(cc5C4)C(=O)N(C4CCC(=O)NC4=O)C6=O)CC3)nc2)CC1. The summed E-state index contributed by atoms with van der Waals surface area (Å²) in [6.45, 7) is 2.35. The first-order valence-electron chi connectivity index (χ1n) is 19.3. The molecule has 5 amide bonds. The number of amides is 5. The van der Waals surface area contributed by atoms with Gasteiger partial charge in [0.15, 0.2) is 0 Å². The van der Waals surface area contributed by atoms with E-state index in [1.165, 1.54) is 0 Å². The number of nitriles is 1. The van der Waals surface area contributed by atoms with Crippen LogP contribution in [0.2, 0.25) is 5.02 Å². The monoisotopic (exact) mass is 761 g/mol. The molecule has 3 aromatic rings. The third-order valence-electron chi connectivity index (χ3n) is 12.4. The van der Waals surface area contributed by atoms with Crippen LogP contribution >= 0.6 is 11.6 Å². The number of hydrogen-bond acceptors (Lipinski definition) is 9. The standard InChI is InChI=1S/C42H44ClN7O5/c1-48(32-10-6-26(19-44)35(43)18-32)31-11-8-30(9-12-31)46-39(52)27-7-13-36(45-20-27)25-4-2-24(3-5-25)21-49-22-28-16-33-34(17-29(28)23-49)42(55)50(41(33)54)37-14-15-38(51)47-40(37)53/h6-7,10,13,16-18,20,24-25,30-31,37H,2-5,8-9,11-12,14-15,21-23H2,1H3,(H,46,52)(H,47,51,53). The van der Waals surface area contributed by atoms with E-state index < -0.39 is 23.8 Å². The number of aromatic nitrogens is 1. The number of nitrogens with zero attached hydrogens (tertiary/aromatic N) is 5. The fourth-order valence-corrected chi connectivity index (χ4v) is 9.47. The molecule has 2 saturated carbocycles. The minimum Gasteiger partial charge on any atom is -0.372 e. The number of nitrogens with one attached hydrogen (secondary N) is 2. The number of anilines is 1. The maximum atomic E-state index is 13.3. The van der Waals surface area contributed by atoms with Gasteiger partial charge in [0, 0.05) is 68.7 Å². The van der Waals surface area contributed by atoms with Gasteiger partial charge in [-0.25, -0.2) is 0 Å². The molecule has 55 heavy (non-hydrogen) atoms. The maximum Gasteiger partial charge on any atom is 0.262 e. The van der Waals surface area contributed by atoms with Gasteiger partial charge in [-0.05, 0) is 117 Å². The molecule has 3 fully saturated rings. The molecular formula is C42H44ClN7O5. The number of fused-ring (bicyclic) bond motifs is 2. The summed E-state index contributed by atoms with van der Waals surface area (Å²) in [5.74, 6) is -1.12. The molecular weight excluding hydrogens is 718 g/mol. The number of pyridine rings is 1. The van der Waals surface area contributed by atoms with E-state index >= 15 is 0 Å². The smallest absolute Gasteiger partial charge is 0.262 e. The van der Waals surface area contributed by atoms with E-state index in [1.807, 2.05) is 36.4 Å². The summed E-state index contributed by atoms with van der Waals surface area (Å²) < 4.78 is 0. The molecule has 8 rings (SSSR count). The number of benzene rings is 2. The molecule has 12 nitrogen and oxygen atoms in total. The minimum absolute atomic E-state index is 0.0874. The summed E-state index contributed by atoms with van der Waals surface area (Å²) in [4.78, 5) is 74.1. The molecule has 5 aliphatic rings. The second-order valence-electron chi connectivity index (χ2n) is 15.8. The van der Waals surface area contributed by atoms with Gasteiger partial charge in [0.25, 0.3) is 17.7 Å². The van der Waals surface area contributed by atoms with Gasteiger partial charge in [-0.15, -0.1) is 0 Å². The van der Waals surface area contributed by atoms with Crippen molar-refractivity contribution in [3.8, 4) is 6.07 Å². The van der Waals surface area contributed by atoms with Crippen LogP contribution < -0.4 is 15.5 Å². The second kappa shape index (κ2) is 15.2. The van der Waals surface area contributed by atoms with Gasteiger partial charge in [-0.1, -0.05) is 11.6 Å². The molecule has 13 heteroatoms. The number of rotatable bonds is 8. The van der Waals surface area contributed by atoms with Crippen molar-refractivity contribution in [3.05, 3.63) is 92.8 Å². The third-order valence-corrected chi connectivity index (χ3v) is 12.8. The van der Waals surface area contributed by atoms with E-state index in [1.54, 1.807) is 12.3 Å². The Balaban J connectivity index is 0.784. The van der Waals surface area contributed by atoms with Gasteiger partial charge in [0.2, 0.25) is 11.8 Å². The lowest BCUT2D eigenvalue weighted by Crippen LogP contribution is -2.54. The molecule has 4 heterocycles. The van der Waals surface area contributed by atoms with Crippen LogP contribution in [-0.2, 0) is 22.7 Å². The van der Waals surface area contributed by atoms with Crippen molar-refractivity contribution in [1.82, 2.24) is 25.4 Å². The van der Waals surface area contributed by atoms with Gasteiger partial charge in [0.1, 0.15) is 12.1 Å². The molecule has 1 aromatic heterocycles. The largest absolute Gasteiger partial charge is 0.372 e. The van der Waals surface area contributed by atoms with Crippen molar-refractivity contribution < 1.29 is 24.0 Å². The van der Waals surface area contributed by atoms with E-state index in [-0.39, 0.29) is 30.7 Å². The molecule has 2 aliphatic carbocycles. The summed E-state index contributed by atoms with van der Waals surface area (Å²) >= 11 is 6.26. The zero-order chi connectivity index (χ0) is 38.4. The van der Waals surface area contributed by atoms with E-state index in [0.29, 0.717) is 58.2 Å². The molecule has 0 radical (unpaired) electrons. The van der Waals surface area contributed by atoms with Crippen LogP contribution in [0.5, 0.6) is 0 Å². The van der Waals surface area contributed by atoms with Gasteiger partial charge in [-0.2, -0.15) is 5.26 Å². The Morgan fingerprint density at radius 1 is 0.927 bits per heavy atom. The topological polar surface area (TPSA) is 156 Å². The summed E-state index contributed by atoms with van der Waals surface area (Å²) in [7, 11) is 2.05. The normalized spacial score (nSPS) is 25.3. The van der Waals surface area contributed by atoms with Crippen LogP contribution in [0.25, 0.3) is 0 Å². The number of halogens is 1. The molecule has 3 aliphatic heterocycles. The van der Waals surface area contributed by atoms with E-state index in [0.717, 1.165) is 85.3 Å². The van der Waals surface area contributed by atoms with Gasteiger partial charge in [-0.3, -0.25) is 44.1 Å². The molecule has 1 saturated heterocycles. The van der Waals surface area contributed by atoms with E-state index in [2.05, 4.69) is 33.6 Å². The van der Waals surface area contributed by atoms with E-state index in [4.69, 9.17) is 16.6 Å². The van der Waals surface area contributed by atoms with Crippen molar-refractivity contribution in [1.29, 1.82) is 5.26 Å². The zero-order valence-corrected chi connectivity index (χ0v) is 31.6. The maximum absolute atomic E-state index is 13.3. The summed E-state index contributed by atoms with van der Waals surface area (Å²) in [5.41, 5.74) is 5.82. The van der Waals surface area contributed by atoms with Crippen molar-refractivity contribution in [2.45, 2.75) is 101 Å². The quantitative estimate of drug-likeness (QED) is 0.284. The van der Waals surface area contributed by atoms with Gasteiger partial charge >= 0.3 is 0 Å². The van der Waals surface area contributed by atoms with Crippen LogP contribution in [0.3, 0.4) is 0 Å². The first-order chi connectivity index (χ1) is 26.6. The Morgan fingerprint density at radius 2 is 1.62 bits per heavy atom. The summed E-state index contributed by atoms with van der Waals surface area (Å²) in [5, 5.41) is 15.1. The lowest BCUT2D eigenvalue weighted by molar-refractivity contribution is -0.136. The highest BCUT2D eigenvalue weighted by atomic mass is 35.5. The predicted octanol–water partition coefficient (Wildman–Crippen LogP) is 5.47. The summed E-state index contributed by atoms with van der Waals surface area (Å²) in [6, 6.07) is 14.7. The molecule has 0 bridgehead atoms. The average Bonchev–Trinajstić information content (AvgIpc) is 3.69. The van der Waals surface area contributed by atoms with Crippen molar-refractivity contribution >= 4 is 46.8 Å². The highest BCUT2D eigenvalue weighted by molar-refractivity contribution is 6.32. The van der Waals surface area contributed by atoms with Gasteiger partial charge in [0.05, 0.1) is 27.3 Å². The first-order valence-corrected chi connectivity index (χ1v) is 19.7. The van der Waals surface area contributed by atoms with Crippen LogP contribution in [0.15, 0.2) is 48.7 Å². The number of imide groups is 2. The fourth-order valence-electron chi connectivity index (χ4n) is 9.26. The molecule has 284 valence electrons. The highest BCUT2D eigenvalue weighted by Gasteiger charge is 2.45. The van der Waals surface area contributed by atoms with Crippen LogP contribution in [-0.4, -0.2) is 76.0 Å². The fraction of sp³-hybridized carbons (Fsp3) is 0.452. The second-order valence-corrected chi connectivity index (χ2v) is 16.2. The minimum atomic E-state index is -0.960. The lowest BCUT2D eigenvalue weighted by atomic mass is 9.80. The van der Waals surface area contributed by atoms with Crippen LogP contribution in [0.1, 0.15) is 124 Å². The first kappa shape index (κ1) is 36.8. The molecule has 0 spiro atoms. The molecule has 1 unspecified atom stereocenters. The number of carbonyl (C=O) groups is 5. The number of piperidine rings is 1. The molecule has 2 N–H and O–H groups in total. The molecule has 1 atom stereocenters.